The van der Waals surface area contributed by atoms with Gasteiger partial charge in [0.15, 0.2) is 5.82 Å². The molecular weight excluding hydrogens is 321 g/mol. The van der Waals surface area contributed by atoms with Crippen molar-refractivity contribution in [3.8, 4) is 11.5 Å². The van der Waals surface area contributed by atoms with Crippen LogP contribution in [0.25, 0.3) is 11.5 Å². The number of anilines is 1. The lowest BCUT2D eigenvalue weighted by Gasteiger charge is -2.16. The lowest BCUT2D eigenvalue weighted by molar-refractivity contribution is -0.117. The number of hydrogen-bond donors (Lipinski definition) is 0. The first-order valence-electron chi connectivity index (χ1n) is 8.07. The second-order valence-corrected chi connectivity index (χ2v) is 6.21. The van der Waals surface area contributed by atoms with Gasteiger partial charge in [-0.15, -0.1) is 0 Å². The first kappa shape index (κ1) is 15.5. The van der Waals surface area contributed by atoms with Crippen LogP contribution >= 0.6 is 0 Å². The fraction of sp³-hybridized carbons (Fsp3) is 0.211. The number of halogens is 1. The molecule has 0 saturated carbocycles. The van der Waals surface area contributed by atoms with Crippen LogP contribution in [0.15, 0.2) is 53.1 Å². The summed E-state index contributed by atoms with van der Waals surface area (Å²) in [6.07, 6.45) is 0.329. The number of nitrogens with zero attached hydrogens (tertiary/aromatic N) is 3. The molecule has 0 bridgehead atoms. The van der Waals surface area contributed by atoms with Crippen LogP contribution in [0.3, 0.4) is 0 Å². The van der Waals surface area contributed by atoms with Crippen LogP contribution in [0.5, 0.6) is 0 Å². The van der Waals surface area contributed by atoms with Crippen LogP contribution in [0, 0.1) is 12.7 Å². The van der Waals surface area contributed by atoms with Crippen molar-refractivity contribution in [2.24, 2.45) is 0 Å². The van der Waals surface area contributed by atoms with Gasteiger partial charge in [0.1, 0.15) is 5.82 Å². The predicted molar refractivity (Wildman–Crippen MR) is 90.6 cm³/mol. The van der Waals surface area contributed by atoms with E-state index < -0.39 is 0 Å². The van der Waals surface area contributed by atoms with Gasteiger partial charge in [-0.1, -0.05) is 28.9 Å². The zero-order valence-corrected chi connectivity index (χ0v) is 13.6. The van der Waals surface area contributed by atoms with Gasteiger partial charge in [-0.25, -0.2) is 4.39 Å². The molecule has 5 nitrogen and oxygen atoms in total. The van der Waals surface area contributed by atoms with Crippen LogP contribution in [0.2, 0.25) is 0 Å². The Morgan fingerprint density at radius 1 is 1.20 bits per heavy atom. The van der Waals surface area contributed by atoms with Crippen LogP contribution in [-0.4, -0.2) is 22.6 Å². The summed E-state index contributed by atoms with van der Waals surface area (Å²) in [5.74, 6) is 0.266. The molecule has 0 unspecified atom stereocenters. The van der Waals surface area contributed by atoms with Crippen molar-refractivity contribution in [1.29, 1.82) is 0 Å². The highest BCUT2D eigenvalue weighted by atomic mass is 19.1. The van der Waals surface area contributed by atoms with E-state index in [0.717, 1.165) is 11.3 Å². The predicted octanol–water partition coefficient (Wildman–Crippen LogP) is 3.70. The Morgan fingerprint density at radius 3 is 2.76 bits per heavy atom. The van der Waals surface area contributed by atoms with Crippen molar-refractivity contribution < 1.29 is 13.7 Å². The topological polar surface area (TPSA) is 59.2 Å². The molecule has 0 radical (unpaired) electrons. The largest absolute Gasteiger partial charge is 0.334 e. The van der Waals surface area contributed by atoms with E-state index in [-0.39, 0.29) is 23.5 Å². The molecule has 1 fully saturated rings. The highest BCUT2D eigenvalue weighted by Gasteiger charge is 2.34. The van der Waals surface area contributed by atoms with Gasteiger partial charge in [-0.2, -0.15) is 4.98 Å². The Morgan fingerprint density at radius 2 is 2.00 bits per heavy atom. The van der Waals surface area contributed by atoms with Crippen molar-refractivity contribution in [3.63, 3.8) is 0 Å². The smallest absolute Gasteiger partial charge is 0.258 e. The third-order valence-corrected chi connectivity index (χ3v) is 4.35. The monoisotopic (exact) mass is 337 g/mol. The molecule has 25 heavy (non-hydrogen) atoms. The number of amides is 1. The zero-order chi connectivity index (χ0) is 17.4. The van der Waals surface area contributed by atoms with Crippen molar-refractivity contribution in [2.45, 2.75) is 19.3 Å². The van der Waals surface area contributed by atoms with Crippen molar-refractivity contribution in [2.75, 3.05) is 11.4 Å². The highest BCUT2D eigenvalue weighted by Crippen LogP contribution is 2.31. The summed E-state index contributed by atoms with van der Waals surface area (Å²) in [5, 5.41) is 3.99. The quantitative estimate of drug-likeness (QED) is 0.731. The van der Waals surface area contributed by atoms with E-state index in [1.165, 1.54) is 12.1 Å². The van der Waals surface area contributed by atoms with Gasteiger partial charge in [0.05, 0.1) is 0 Å². The van der Waals surface area contributed by atoms with Crippen LogP contribution in [0.1, 0.15) is 23.7 Å². The number of benzene rings is 2. The maximum absolute atomic E-state index is 13.3. The number of carbonyl (C=O) groups excluding carboxylic acids is 1. The molecule has 3 aromatic rings. The molecule has 4 rings (SSSR count). The summed E-state index contributed by atoms with van der Waals surface area (Å²) in [4.78, 5) is 18.5. The van der Waals surface area contributed by atoms with Crippen LogP contribution in [0.4, 0.5) is 10.1 Å². The van der Waals surface area contributed by atoms with Gasteiger partial charge in [-0.05, 0) is 37.3 Å². The maximum atomic E-state index is 13.3. The van der Waals surface area contributed by atoms with E-state index >= 15 is 0 Å². The summed E-state index contributed by atoms with van der Waals surface area (Å²) in [7, 11) is 0. The number of carbonyl (C=O) groups is 1. The van der Waals surface area contributed by atoms with Gasteiger partial charge in [0, 0.05) is 30.1 Å². The van der Waals surface area contributed by atoms with E-state index in [1.807, 2.05) is 31.2 Å². The lowest BCUT2D eigenvalue weighted by atomic mass is 10.1. The normalized spacial score (nSPS) is 17.3. The van der Waals surface area contributed by atoms with Gasteiger partial charge in [0.2, 0.25) is 5.91 Å². The lowest BCUT2D eigenvalue weighted by Crippen LogP contribution is -2.24. The van der Waals surface area contributed by atoms with Gasteiger partial charge >= 0.3 is 0 Å². The fourth-order valence-electron chi connectivity index (χ4n) is 2.99. The molecule has 1 atom stereocenters. The summed E-state index contributed by atoms with van der Waals surface area (Å²) in [6, 6.07) is 13.8. The zero-order valence-electron chi connectivity index (χ0n) is 13.6. The Bertz CT molecular complexity index is 920. The molecule has 1 aliphatic rings. The van der Waals surface area contributed by atoms with Crippen molar-refractivity contribution in [3.05, 3.63) is 65.7 Å². The Labute approximate surface area is 144 Å². The molecule has 2 aromatic carbocycles. The standard InChI is InChI=1S/C19H16FN3O2/c1-12-5-7-16(8-6-12)23-11-14(10-17(23)24)18-21-19(25-22-18)13-3-2-4-15(20)9-13/h2-9,14H,10-11H2,1H3/t14-/m0/s1. The van der Waals surface area contributed by atoms with Gasteiger partial charge < -0.3 is 9.42 Å². The Hall–Kier alpha value is -3.02. The number of aryl methyl sites for hydroxylation is 1. The average molecular weight is 337 g/mol. The second kappa shape index (κ2) is 6.12. The Kier molecular flexibility index (Phi) is 3.80. The molecule has 1 aromatic heterocycles. The molecule has 2 heterocycles. The van der Waals surface area contributed by atoms with Crippen LogP contribution < -0.4 is 4.90 Å². The molecule has 0 N–H and O–H groups in total. The molecule has 6 heteroatoms. The van der Waals surface area contributed by atoms with E-state index in [2.05, 4.69) is 10.1 Å². The number of aromatic nitrogens is 2. The number of rotatable bonds is 3. The average Bonchev–Trinajstić information content (AvgIpc) is 3.23. The summed E-state index contributed by atoms with van der Waals surface area (Å²) in [5.41, 5.74) is 2.54. The summed E-state index contributed by atoms with van der Waals surface area (Å²) in [6.45, 7) is 2.51. The summed E-state index contributed by atoms with van der Waals surface area (Å²) < 4.78 is 18.6. The Balaban J connectivity index is 1.55. The molecular formula is C19H16FN3O2. The van der Waals surface area contributed by atoms with Crippen molar-refractivity contribution >= 4 is 11.6 Å². The minimum atomic E-state index is -0.362. The van der Waals surface area contributed by atoms with Crippen LogP contribution in [-0.2, 0) is 4.79 Å². The maximum Gasteiger partial charge on any atom is 0.258 e. The first-order chi connectivity index (χ1) is 12.1. The highest BCUT2D eigenvalue weighted by molar-refractivity contribution is 5.96. The first-order valence-corrected chi connectivity index (χ1v) is 8.07. The molecule has 0 spiro atoms. The van der Waals surface area contributed by atoms with Gasteiger partial charge in [-0.3, -0.25) is 4.79 Å². The molecule has 1 saturated heterocycles. The third kappa shape index (κ3) is 3.03. The van der Waals surface area contributed by atoms with E-state index in [1.54, 1.807) is 17.0 Å². The van der Waals surface area contributed by atoms with E-state index in [4.69, 9.17) is 4.52 Å². The molecule has 0 aliphatic carbocycles. The molecule has 1 aliphatic heterocycles. The number of hydrogen-bond acceptors (Lipinski definition) is 4. The van der Waals surface area contributed by atoms with E-state index in [9.17, 15) is 9.18 Å². The molecule has 126 valence electrons. The molecule has 1 amide bonds. The third-order valence-electron chi connectivity index (χ3n) is 4.35. The van der Waals surface area contributed by atoms with E-state index in [0.29, 0.717) is 24.4 Å². The SMILES string of the molecule is Cc1ccc(N2C[C@@H](c3noc(-c4cccc(F)c4)n3)CC2=O)cc1. The second-order valence-electron chi connectivity index (χ2n) is 6.21. The van der Waals surface area contributed by atoms with Crippen molar-refractivity contribution in [1.82, 2.24) is 10.1 Å². The summed E-state index contributed by atoms with van der Waals surface area (Å²) >= 11 is 0. The minimum Gasteiger partial charge on any atom is -0.334 e. The van der Waals surface area contributed by atoms with Gasteiger partial charge in [0.25, 0.3) is 5.89 Å². The fourth-order valence-corrected chi connectivity index (χ4v) is 2.99. The minimum absolute atomic E-state index is 0.0333.